The maximum atomic E-state index is 12.3. The zero-order valence-corrected chi connectivity index (χ0v) is 18.8. The van der Waals surface area contributed by atoms with Gasteiger partial charge in [0.2, 0.25) is 0 Å². The molecule has 4 rings (SSSR count). The van der Waals surface area contributed by atoms with Gasteiger partial charge in [0.05, 0.1) is 10.6 Å². The van der Waals surface area contributed by atoms with E-state index in [1.54, 1.807) is 11.3 Å². The van der Waals surface area contributed by atoms with Crippen LogP contribution in [0.4, 0.5) is 0 Å². The molecule has 2 aromatic heterocycles. The number of thioether (sulfide) groups is 1. The molecule has 1 aliphatic rings. The monoisotopic (exact) mass is 495 g/mol. The summed E-state index contributed by atoms with van der Waals surface area (Å²) in [6.07, 6.45) is 0. The van der Waals surface area contributed by atoms with Crippen LogP contribution in [0, 0.1) is 0 Å². The van der Waals surface area contributed by atoms with E-state index in [2.05, 4.69) is 26.1 Å². The Kier molecular flexibility index (Phi) is 6.41. The molecule has 7 nitrogen and oxygen atoms in total. The molecule has 152 valence electrons. The van der Waals surface area contributed by atoms with Crippen molar-refractivity contribution in [1.82, 2.24) is 14.8 Å². The van der Waals surface area contributed by atoms with Gasteiger partial charge in [-0.25, -0.2) is 0 Å². The number of hydrogen-bond acceptors (Lipinski definition) is 8. The Morgan fingerprint density at radius 2 is 2.10 bits per heavy atom. The molecule has 1 aromatic carbocycles. The fourth-order valence-electron chi connectivity index (χ4n) is 2.81. The molecule has 0 amide bonds. The Hall–Kier alpha value is -2.04. The van der Waals surface area contributed by atoms with Crippen molar-refractivity contribution in [3.63, 3.8) is 0 Å². The van der Waals surface area contributed by atoms with Crippen molar-refractivity contribution >= 4 is 45.0 Å². The molecule has 1 aliphatic heterocycles. The van der Waals surface area contributed by atoms with Gasteiger partial charge in [-0.3, -0.25) is 4.79 Å². The minimum absolute atomic E-state index is 0.150. The Morgan fingerprint density at radius 3 is 2.83 bits per heavy atom. The molecule has 0 radical (unpaired) electrons. The summed E-state index contributed by atoms with van der Waals surface area (Å²) in [5.74, 6) is 2.01. The van der Waals surface area contributed by atoms with Gasteiger partial charge in [-0.05, 0) is 30.5 Å². The zero-order chi connectivity index (χ0) is 20.2. The number of rotatable bonds is 7. The molecule has 0 bridgehead atoms. The molecule has 0 aliphatic carbocycles. The molecule has 10 heteroatoms. The maximum absolute atomic E-state index is 12.3. The topological polar surface area (TPSA) is 75.5 Å². The Bertz CT molecular complexity index is 1010. The maximum Gasteiger partial charge on any atom is 0.316 e. The highest BCUT2D eigenvalue weighted by Crippen LogP contribution is 2.36. The Labute approximate surface area is 184 Å². The average Bonchev–Trinajstić information content (AvgIpc) is 3.39. The lowest BCUT2D eigenvalue weighted by molar-refractivity contribution is -0.141. The normalized spacial score (nSPS) is 12.8. The van der Waals surface area contributed by atoms with Crippen LogP contribution in [0.25, 0.3) is 10.7 Å². The van der Waals surface area contributed by atoms with Crippen LogP contribution in [0.3, 0.4) is 0 Å². The first-order chi connectivity index (χ1) is 14.2. The molecule has 3 heterocycles. The fraction of sp³-hybridized carbons (Fsp3) is 0.316. The quantitative estimate of drug-likeness (QED) is 0.355. The zero-order valence-electron chi connectivity index (χ0n) is 15.6. The van der Waals surface area contributed by atoms with E-state index in [1.807, 2.05) is 41.1 Å². The highest BCUT2D eigenvalue weighted by Gasteiger charge is 2.18. The summed E-state index contributed by atoms with van der Waals surface area (Å²) in [6.45, 7) is 3.94. The highest BCUT2D eigenvalue weighted by molar-refractivity contribution is 9.10. The van der Waals surface area contributed by atoms with E-state index < -0.39 is 0 Å². The van der Waals surface area contributed by atoms with E-state index in [1.165, 1.54) is 11.8 Å². The third kappa shape index (κ3) is 4.59. The van der Waals surface area contributed by atoms with E-state index in [0.29, 0.717) is 29.9 Å². The van der Waals surface area contributed by atoms with Crippen molar-refractivity contribution in [2.45, 2.75) is 25.2 Å². The van der Waals surface area contributed by atoms with E-state index in [9.17, 15) is 4.79 Å². The molecule has 0 saturated heterocycles. The molecule has 29 heavy (non-hydrogen) atoms. The minimum Gasteiger partial charge on any atom is -0.486 e. The lowest BCUT2D eigenvalue weighted by atomic mass is 10.2. The van der Waals surface area contributed by atoms with Crippen LogP contribution in [0.5, 0.6) is 11.5 Å². The second-order valence-corrected chi connectivity index (χ2v) is 8.81. The van der Waals surface area contributed by atoms with Crippen molar-refractivity contribution in [2.75, 3.05) is 19.0 Å². The second kappa shape index (κ2) is 9.19. The van der Waals surface area contributed by atoms with Gasteiger partial charge in [-0.1, -0.05) is 33.8 Å². The van der Waals surface area contributed by atoms with Crippen molar-refractivity contribution in [2.24, 2.45) is 0 Å². The average molecular weight is 496 g/mol. The number of ether oxygens (including phenoxy) is 3. The van der Waals surface area contributed by atoms with Gasteiger partial charge in [-0.2, -0.15) is 0 Å². The highest BCUT2D eigenvalue weighted by atomic mass is 79.9. The molecule has 0 spiro atoms. The smallest absolute Gasteiger partial charge is 0.316 e. The fourth-order valence-corrected chi connectivity index (χ4v) is 4.76. The SMILES string of the molecule is CCn1c(SCC(=O)OCc2cc3c(cc2Br)OCCO3)nnc1-c1cccs1. The van der Waals surface area contributed by atoms with Gasteiger partial charge in [0.15, 0.2) is 22.5 Å². The summed E-state index contributed by atoms with van der Waals surface area (Å²) in [5, 5.41) is 11.2. The molecule has 3 aromatic rings. The molecule has 0 saturated carbocycles. The second-order valence-electron chi connectivity index (χ2n) is 6.06. The van der Waals surface area contributed by atoms with E-state index >= 15 is 0 Å². The molecular weight excluding hydrogens is 478 g/mol. The van der Waals surface area contributed by atoms with Crippen LogP contribution < -0.4 is 9.47 Å². The van der Waals surface area contributed by atoms with E-state index in [0.717, 1.165) is 27.3 Å². The van der Waals surface area contributed by atoms with Crippen molar-refractivity contribution < 1.29 is 19.0 Å². The number of esters is 1. The van der Waals surface area contributed by atoms with Crippen LogP contribution in [0.15, 0.2) is 39.3 Å². The van der Waals surface area contributed by atoms with Crippen LogP contribution in [0.1, 0.15) is 12.5 Å². The summed E-state index contributed by atoms with van der Waals surface area (Å²) >= 11 is 6.42. The minimum atomic E-state index is -0.319. The molecule has 0 N–H and O–H groups in total. The number of carbonyl (C=O) groups excluding carboxylic acids is 1. The van der Waals surface area contributed by atoms with Gasteiger partial charge in [0.1, 0.15) is 19.8 Å². The van der Waals surface area contributed by atoms with Crippen LogP contribution in [-0.2, 0) is 22.7 Å². The number of fused-ring (bicyclic) bond motifs is 1. The number of nitrogens with zero attached hydrogens (tertiary/aromatic N) is 3. The Morgan fingerprint density at radius 1 is 1.31 bits per heavy atom. The first kappa shape index (κ1) is 20.2. The number of hydrogen-bond donors (Lipinski definition) is 0. The summed E-state index contributed by atoms with van der Waals surface area (Å²) < 4.78 is 19.4. The van der Waals surface area contributed by atoms with E-state index in [-0.39, 0.29) is 18.3 Å². The van der Waals surface area contributed by atoms with E-state index in [4.69, 9.17) is 14.2 Å². The van der Waals surface area contributed by atoms with Crippen LogP contribution >= 0.6 is 39.0 Å². The predicted molar refractivity (Wildman–Crippen MR) is 115 cm³/mol. The number of aromatic nitrogens is 3. The Balaban J connectivity index is 1.35. The van der Waals surface area contributed by atoms with Crippen molar-refractivity contribution in [1.29, 1.82) is 0 Å². The number of thiophene rings is 1. The summed E-state index contributed by atoms with van der Waals surface area (Å²) in [5.41, 5.74) is 0.823. The predicted octanol–water partition coefficient (Wildman–Crippen LogP) is 4.40. The summed E-state index contributed by atoms with van der Waals surface area (Å²) in [4.78, 5) is 13.3. The first-order valence-corrected chi connectivity index (χ1v) is 11.6. The molecule has 0 unspecified atom stereocenters. The number of halogens is 1. The standard InChI is InChI=1S/C19H18BrN3O4S2/c1-2-23-18(16-4-3-7-28-16)21-22-19(23)29-11-17(24)27-10-12-8-14-15(9-13(12)20)26-6-5-25-14/h3-4,7-9H,2,5-6,10-11H2,1H3. The summed E-state index contributed by atoms with van der Waals surface area (Å²) in [7, 11) is 0. The summed E-state index contributed by atoms with van der Waals surface area (Å²) in [6, 6.07) is 7.66. The van der Waals surface area contributed by atoms with Crippen molar-refractivity contribution in [3.05, 3.63) is 39.7 Å². The van der Waals surface area contributed by atoms with Crippen LogP contribution in [0.2, 0.25) is 0 Å². The van der Waals surface area contributed by atoms with Crippen LogP contribution in [-0.4, -0.2) is 39.7 Å². The van der Waals surface area contributed by atoms with Gasteiger partial charge >= 0.3 is 5.97 Å². The molecule has 0 fully saturated rings. The first-order valence-electron chi connectivity index (χ1n) is 8.99. The largest absolute Gasteiger partial charge is 0.486 e. The molecule has 0 atom stereocenters. The lowest BCUT2D eigenvalue weighted by Gasteiger charge is -2.19. The van der Waals surface area contributed by atoms with Gasteiger partial charge in [0, 0.05) is 16.6 Å². The third-order valence-corrected chi connectivity index (χ3v) is 6.74. The van der Waals surface area contributed by atoms with Gasteiger partial charge in [0.25, 0.3) is 0 Å². The number of benzene rings is 1. The molecular formula is C19H18BrN3O4S2. The lowest BCUT2D eigenvalue weighted by Crippen LogP contribution is -2.16. The van der Waals surface area contributed by atoms with Gasteiger partial charge < -0.3 is 18.8 Å². The number of carbonyl (C=O) groups is 1. The van der Waals surface area contributed by atoms with Gasteiger partial charge in [-0.15, -0.1) is 21.5 Å². The van der Waals surface area contributed by atoms with Crippen molar-refractivity contribution in [3.8, 4) is 22.2 Å². The third-order valence-electron chi connectivity index (χ3n) is 4.19.